The van der Waals surface area contributed by atoms with Crippen molar-refractivity contribution in [3.8, 4) is 0 Å². The number of carbonyl (C=O) groups is 2. The van der Waals surface area contributed by atoms with Crippen LogP contribution in [0, 0.1) is 11.7 Å². The van der Waals surface area contributed by atoms with Gasteiger partial charge in [-0.2, -0.15) is 0 Å². The molecule has 6 nitrogen and oxygen atoms in total. The second kappa shape index (κ2) is 8.52. The zero-order valence-electron chi connectivity index (χ0n) is 15.5. The molecule has 0 radical (unpaired) electrons. The van der Waals surface area contributed by atoms with Crippen LogP contribution in [0.3, 0.4) is 0 Å². The molecule has 1 aromatic rings. The van der Waals surface area contributed by atoms with E-state index in [0.717, 1.165) is 12.8 Å². The minimum Gasteiger partial charge on any atom is -0.383 e. The van der Waals surface area contributed by atoms with Crippen LogP contribution in [0.1, 0.15) is 19.3 Å². The number of methoxy groups -OCH3 is 1. The Morgan fingerprint density at radius 2 is 2.11 bits per heavy atom. The molecular formula is C20H26FN3O3. The summed E-state index contributed by atoms with van der Waals surface area (Å²) >= 11 is 0. The van der Waals surface area contributed by atoms with Gasteiger partial charge >= 0.3 is 0 Å². The van der Waals surface area contributed by atoms with E-state index in [1.54, 1.807) is 24.1 Å². The average molecular weight is 375 g/mol. The van der Waals surface area contributed by atoms with Gasteiger partial charge in [0.1, 0.15) is 11.4 Å². The molecular weight excluding hydrogens is 349 g/mol. The Balaban J connectivity index is 1.75. The summed E-state index contributed by atoms with van der Waals surface area (Å²) in [6.45, 7) is 1.54. The highest BCUT2D eigenvalue weighted by Gasteiger charge is 2.47. The molecule has 1 heterocycles. The summed E-state index contributed by atoms with van der Waals surface area (Å²) in [5, 5.41) is 6.05. The lowest BCUT2D eigenvalue weighted by molar-refractivity contribution is -0.134. The van der Waals surface area contributed by atoms with Crippen LogP contribution >= 0.6 is 0 Å². The zero-order chi connectivity index (χ0) is 19.3. The third-order valence-electron chi connectivity index (χ3n) is 5.17. The molecule has 2 N–H and O–H groups in total. The first kappa shape index (κ1) is 19.4. The zero-order valence-corrected chi connectivity index (χ0v) is 15.5. The first-order valence-electron chi connectivity index (χ1n) is 9.29. The molecule has 146 valence electrons. The summed E-state index contributed by atoms with van der Waals surface area (Å²) in [4.78, 5) is 27.5. The quantitative estimate of drug-likeness (QED) is 0.564. The molecule has 1 aliphatic heterocycles. The molecule has 1 saturated heterocycles. The lowest BCUT2D eigenvalue weighted by atomic mass is 9.96. The molecule has 1 unspecified atom stereocenters. The lowest BCUT2D eigenvalue weighted by Gasteiger charge is -2.31. The molecule has 0 bridgehead atoms. The van der Waals surface area contributed by atoms with Crippen molar-refractivity contribution in [2.24, 2.45) is 5.92 Å². The fraction of sp³-hybridized carbons (Fsp3) is 0.500. The van der Waals surface area contributed by atoms with Crippen LogP contribution in [0.4, 0.5) is 10.1 Å². The molecule has 0 spiro atoms. The topological polar surface area (TPSA) is 70.7 Å². The third kappa shape index (κ3) is 4.47. The molecule has 7 heteroatoms. The van der Waals surface area contributed by atoms with E-state index in [2.05, 4.69) is 10.6 Å². The van der Waals surface area contributed by atoms with Crippen molar-refractivity contribution in [2.45, 2.75) is 24.8 Å². The number of nitrogens with one attached hydrogen (secondary N) is 2. The minimum absolute atomic E-state index is 0.0356. The van der Waals surface area contributed by atoms with Crippen LogP contribution in [-0.4, -0.2) is 55.6 Å². The van der Waals surface area contributed by atoms with Gasteiger partial charge in [-0.15, -0.1) is 0 Å². The molecule has 1 aromatic carbocycles. The number of nitrogens with zero attached hydrogens (tertiary/aromatic N) is 1. The van der Waals surface area contributed by atoms with Crippen LogP contribution in [0.15, 0.2) is 36.4 Å². The fourth-order valence-corrected chi connectivity index (χ4v) is 3.70. The molecule has 2 amide bonds. The summed E-state index contributed by atoms with van der Waals surface area (Å²) in [5.74, 6) is -0.541. The molecule has 0 aromatic heterocycles. The number of halogens is 1. The summed E-state index contributed by atoms with van der Waals surface area (Å²) in [7, 11) is 1.57. The van der Waals surface area contributed by atoms with Gasteiger partial charge in [0.2, 0.25) is 11.8 Å². The van der Waals surface area contributed by atoms with Gasteiger partial charge in [0, 0.05) is 31.8 Å². The molecule has 1 fully saturated rings. The lowest BCUT2D eigenvalue weighted by Crippen LogP contribution is -2.55. The molecule has 27 heavy (non-hydrogen) atoms. The maximum absolute atomic E-state index is 13.6. The Bertz CT molecular complexity index is 716. The standard InChI is InChI=1S/C20H26FN3O3/c1-27-12-10-22-19(26)20(23-17-8-4-7-16(21)13-17)9-11-24(14-20)18(25)15-5-2-3-6-15/h2-4,7-8,13,15,23H,5-6,9-12,14H2,1H3,(H,22,26). The van der Waals surface area contributed by atoms with Gasteiger partial charge in [-0.3, -0.25) is 9.59 Å². The van der Waals surface area contributed by atoms with Crippen LogP contribution in [-0.2, 0) is 14.3 Å². The number of allylic oxidation sites excluding steroid dienone is 2. The molecule has 1 aliphatic carbocycles. The van der Waals surface area contributed by atoms with Crippen molar-refractivity contribution in [1.82, 2.24) is 10.2 Å². The number of amides is 2. The number of benzene rings is 1. The highest BCUT2D eigenvalue weighted by Crippen LogP contribution is 2.30. The molecule has 0 saturated carbocycles. The van der Waals surface area contributed by atoms with E-state index in [-0.39, 0.29) is 30.1 Å². The Kier molecular flexibility index (Phi) is 6.11. The highest BCUT2D eigenvalue weighted by atomic mass is 19.1. The van der Waals surface area contributed by atoms with Crippen molar-refractivity contribution in [3.05, 3.63) is 42.2 Å². The Morgan fingerprint density at radius 1 is 1.33 bits per heavy atom. The normalized spacial score (nSPS) is 22.2. The molecule has 3 rings (SSSR count). The summed E-state index contributed by atoms with van der Waals surface area (Å²) < 4.78 is 18.6. The first-order valence-corrected chi connectivity index (χ1v) is 9.29. The van der Waals surface area contributed by atoms with Gasteiger partial charge in [-0.25, -0.2) is 4.39 Å². The van der Waals surface area contributed by atoms with Crippen molar-refractivity contribution in [2.75, 3.05) is 38.7 Å². The molecule has 1 atom stereocenters. The van der Waals surface area contributed by atoms with Crippen LogP contribution in [0.2, 0.25) is 0 Å². The second-order valence-corrected chi connectivity index (χ2v) is 7.12. The maximum atomic E-state index is 13.6. The Hall–Kier alpha value is -2.41. The van der Waals surface area contributed by atoms with Crippen molar-refractivity contribution < 1.29 is 18.7 Å². The fourth-order valence-electron chi connectivity index (χ4n) is 3.70. The Morgan fingerprint density at radius 3 is 2.81 bits per heavy atom. The number of carbonyl (C=O) groups excluding carboxylic acids is 2. The third-order valence-corrected chi connectivity index (χ3v) is 5.17. The number of anilines is 1. The van der Waals surface area contributed by atoms with Crippen molar-refractivity contribution in [1.29, 1.82) is 0 Å². The summed E-state index contributed by atoms with van der Waals surface area (Å²) in [6.07, 6.45) is 6.01. The van der Waals surface area contributed by atoms with E-state index >= 15 is 0 Å². The van der Waals surface area contributed by atoms with Crippen LogP contribution < -0.4 is 10.6 Å². The number of rotatable bonds is 7. The van der Waals surface area contributed by atoms with E-state index < -0.39 is 5.54 Å². The van der Waals surface area contributed by atoms with Crippen molar-refractivity contribution >= 4 is 17.5 Å². The van der Waals surface area contributed by atoms with Gasteiger partial charge in [0.25, 0.3) is 0 Å². The molecule has 2 aliphatic rings. The van der Waals surface area contributed by atoms with Gasteiger partial charge in [-0.05, 0) is 37.5 Å². The SMILES string of the molecule is COCCNC(=O)C1(Nc2cccc(F)c2)CCN(C(=O)C2CC=CC2)C1. The van der Waals surface area contributed by atoms with Crippen LogP contribution in [0.25, 0.3) is 0 Å². The van der Waals surface area contributed by atoms with Gasteiger partial charge in [0.05, 0.1) is 13.2 Å². The van der Waals surface area contributed by atoms with Gasteiger partial charge in [0.15, 0.2) is 0 Å². The minimum atomic E-state index is -0.983. The summed E-state index contributed by atoms with van der Waals surface area (Å²) in [6, 6.07) is 6.03. The monoisotopic (exact) mass is 375 g/mol. The highest BCUT2D eigenvalue weighted by molar-refractivity contribution is 5.92. The predicted molar refractivity (Wildman–Crippen MR) is 101 cm³/mol. The van der Waals surface area contributed by atoms with E-state index in [0.29, 0.717) is 31.8 Å². The average Bonchev–Trinajstić information content (AvgIpc) is 3.32. The summed E-state index contributed by atoms with van der Waals surface area (Å²) in [5.41, 5.74) is -0.461. The number of hydrogen-bond donors (Lipinski definition) is 2. The number of likely N-dealkylation sites (tertiary alicyclic amines) is 1. The predicted octanol–water partition coefficient (Wildman–Crippen LogP) is 1.94. The maximum Gasteiger partial charge on any atom is 0.247 e. The smallest absolute Gasteiger partial charge is 0.247 e. The van der Waals surface area contributed by atoms with Gasteiger partial charge < -0.3 is 20.3 Å². The van der Waals surface area contributed by atoms with Crippen LogP contribution in [0.5, 0.6) is 0 Å². The number of ether oxygens (including phenoxy) is 1. The Labute approximate surface area is 158 Å². The van der Waals surface area contributed by atoms with Gasteiger partial charge in [-0.1, -0.05) is 18.2 Å². The second-order valence-electron chi connectivity index (χ2n) is 7.12. The van der Waals surface area contributed by atoms with E-state index in [4.69, 9.17) is 4.74 Å². The first-order chi connectivity index (χ1) is 13.0. The van der Waals surface area contributed by atoms with Crippen molar-refractivity contribution in [3.63, 3.8) is 0 Å². The largest absolute Gasteiger partial charge is 0.383 e. The van der Waals surface area contributed by atoms with E-state index in [1.807, 2.05) is 12.2 Å². The van der Waals surface area contributed by atoms with E-state index in [9.17, 15) is 14.0 Å². The van der Waals surface area contributed by atoms with E-state index in [1.165, 1.54) is 12.1 Å². The number of hydrogen-bond acceptors (Lipinski definition) is 4.